The molecule has 0 spiro atoms. The van der Waals surface area contributed by atoms with Gasteiger partial charge in [-0.25, -0.2) is 0 Å². The molecular weight excluding hydrogens is 384 g/mol. The van der Waals surface area contributed by atoms with Gasteiger partial charge in [0.25, 0.3) is 17.7 Å². The fourth-order valence-corrected chi connectivity index (χ4v) is 3.39. The van der Waals surface area contributed by atoms with Gasteiger partial charge in [0.1, 0.15) is 6.54 Å². The fraction of sp³-hybridized carbons (Fsp3) is 0.304. The molecule has 1 heterocycles. The molecule has 30 heavy (non-hydrogen) atoms. The fourth-order valence-electron chi connectivity index (χ4n) is 3.39. The lowest BCUT2D eigenvalue weighted by Crippen LogP contribution is -2.41. The molecule has 0 bridgehead atoms. The first kappa shape index (κ1) is 21.2. The van der Waals surface area contributed by atoms with Gasteiger partial charge in [-0.15, -0.1) is 0 Å². The van der Waals surface area contributed by atoms with Crippen molar-refractivity contribution < 1.29 is 23.9 Å². The lowest BCUT2D eigenvalue weighted by Gasteiger charge is -2.19. The third-order valence-electron chi connectivity index (χ3n) is 5.13. The van der Waals surface area contributed by atoms with Gasteiger partial charge in [-0.05, 0) is 31.0 Å². The second-order valence-electron chi connectivity index (χ2n) is 7.14. The Morgan fingerprint density at radius 3 is 2.10 bits per heavy atom. The first-order valence-corrected chi connectivity index (χ1v) is 9.89. The third-order valence-corrected chi connectivity index (χ3v) is 5.13. The monoisotopic (exact) mass is 408 g/mol. The normalized spacial score (nSPS) is 14.8. The van der Waals surface area contributed by atoms with E-state index in [-0.39, 0.29) is 17.0 Å². The number of rotatable bonds is 8. The Morgan fingerprint density at radius 1 is 0.967 bits per heavy atom. The van der Waals surface area contributed by atoms with Crippen LogP contribution in [0.4, 0.5) is 0 Å². The van der Waals surface area contributed by atoms with Gasteiger partial charge in [-0.3, -0.25) is 24.1 Å². The lowest BCUT2D eigenvalue weighted by molar-refractivity contribution is -0.154. The molecule has 0 saturated carbocycles. The Morgan fingerprint density at radius 2 is 1.53 bits per heavy atom. The van der Waals surface area contributed by atoms with Crippen molar-refractivity contribution in [1.82, 2.24) is 10.2 Å². The van der Waals surface area contributed by atoms with E-state index < -0.39 is 36.3 Å². The molecule has 2 aromatic carbocycles. The molecule has 2 atom stereocenters. The average molecular weight is 408 g/mol. The van der Waals surface area contributed by atoms with Crippen LogP contribution >= 0.6 is 0 Å². The zero-order valence-corrected chi connectivity index (χ0v) is 17.0. The van der Waals surface area contributed by atoms with Gasteiger partial charge in [0, 0.05) is 12.5 Å². The number of carbonyl (C=O) groups is 4. The first-order valence-electron chi connectivity index (χ1n) is 9.89. The predicted molar refractivity (Wildman–Crippen MR) is 110 cm³/mol. The van der Waals surface area contributed by atoms with Gasteiger partial charge in [-0.1, -0.05) is 49.4 Å². The van der Waals surface area contributed by atoms with E-state index in [0.717, 1.165) is 16.9 Å². The van der Waals surface area contributed by atoms with Gasteiger partial charge in [0.15, 0.2) is 6.10 Å². The molecule has 0 aromatic heterocycles. The minimum Gasteiger partial charge on any atom is -0.451 e. The van der Waals surface area contributed by atoms with E-state index in [1.807, 2.05) is 37.3 Å². The third kappa shape index (κ3) is 4.56. The smallest absolute Gasteiger partial charge is 0.326 e. The van der Waals surface area contributed by atoms with E-state index >= 15 is 0 Å². The molecule has 0 saturated heterocycles. The van der Waals surface area contributed by atoms with Crippen LogP contribution in [-0.2, 0) is 14.3 Å². The Hall–Kier alpha value is -3.48. The molecule has 3 rings (SSSR count). The minimum absolute atomic E-state index is 0.149. The highest BCUT2D eigenvalue weighted by Crippen LogP contribution is 2.22. The van der Waals surface area contributed by atoms with Crippen molar-refractivity contribution in [3.05, 3.63) is 71.3 Å². The van der Waals surface area contributed by atoms with Gasteiger partial charge in [0.05, 0.1) is 11.1 Å². The Labute approximate surface area is 175 Å². The molecule has 3 amide bonds. The number of esters is 1. The molecule has 0 aliphatic carbocycles. The van der Waals surface area contributed by atoms with Crippen LogP contribution in [0.2, 0.25) is 0 Å². The van der Waals surface area contributed by atoms with Crippen molar-refractivity contribution >= 4 is 23.7 Å². The molecule has 1 aliphatic heterocycles. The molecule has 0 radical (unpaired) electrons. The van der Waals surface area contributed by atoms with Crippen LogP contribution in [0, 0.1) is 0 Å². The Balaban J connectivity index is 1.51. The van der Waals surface area contributed by atoms with E-state index in [0.29, 0.717) is 6.54 Å². The number of hydrogen-bond acceptors (Lipinski definition) is 5. The standard InChI is InChI=1S/C23H24N2O5/c1-3-16(17-9-5-4-6-10-17)13-24-21(27)15(2)30-20(26)14-25-22(28)18-11-7-8-12-19(18)23(25)29/h4-12,15-16H,3,13-14H2,1-2H3,(H,24,27)/t15-,16-/m1/s1. The van der Waals surface area contributed by atoms with Crippen LogP contribution in [0.3, 0.4) is 0 Å². The molecule has 2 aromatic rings. The highest BCUT2D eigenvalue weighted by Gasteiger charge is 2.37. The second-order valence-corrected chi connectivity index (χ2v) is 7.14. The molecular formula is C23H24N2O5. The van der Waals surface area contributed by atoms with Crippen molar-refractivity contribution in [1.29, 1.82) is 0 Å². The number of nitrogens with one attached hydrogen (secondary N) is 1. The summed E-state index contributed by atoms with van der Waals surface area (Å²) in [5, 5.41) is 2.80. The number of imide groups is 1. The summed E-state index contributed by atoms with van der Waals surface area (Å²) in [5.74, 6) is -2.18. The minimum atomic E-state index is -1.04. The molecule has 0 unspecified atom stereocenters. The highest BCUT2D eigenvalue weighted by atomic mass is 16.5. The van der Waals surface area contributed by atoms with Gasteiger partial charge < -0.3 is 10.1 Å². The van der Waals surface area contributed by atoms with Crippen LogP contribution in [0.25, 0.3) is 0 Å². The first-order chi connectivity index (χ1) is 14.4. The number of fused-ring (bicyclic) bond motifs is 1. The topological polar surface area (TPSA) is 92.8 Å². The zero-order chi connectivity index (χ0) is 21.7. The van der Waals surface area contributed by atoms with E-state index in [2.05, 4.69) is 5.32 Å². The summed E-state index contributed by atoms with van der Waals surface area (Å²) >= 11 is 0. The van der Waals surface area contributed by atoms with Gasteiger partial charge in [0.2, 0.25) is 0 Å². The van der Waals surface area contributed by atoms with E-state index in [9.17, 15) is 19.2 Å². The maximum absolute atomic E-state index is 12.3. The summed E-state index contributed by atoms with van der Waals surface area (Å²) in [4.78, 5) is 50.0. The number of carbonyl (C=O) groups excluding carboxylic acids is 4. The van der Waals surface area contributed by atoms with E-state index in [1.165, 1.54) is 19.1 Å². The average Bonchev–Trinajstić information content (AvgIpc) is 2.99. The summed E-state index contributed by atoms with van der Waals surface area (Å²) in [6, 6.07) is 16.2. The van der Waals surface area contributed by atoms with Crippen molar-refractivity contribution in [2.75, 3.05) is 13.1 Å². The summed E-state index contributed by atoms with van der Waals surface area (Å²) in [7, 11) is 0. The molecule has 1 aliphatic rings. The largest absolute Gasteiger partial charge is 0.451 e. The summed E-state index contributed by atoms with van der Waals surface area (Å²) in [6.45, 7) is 3.37. The van der Waals surface area contributed by atoms with Crippen molar-refractivity contribution in [3.63, 3.8) is 0 Å². The van der Waals surface area contributed by atoms with Crippen LogP contribution < -0.4 is 5.32 Å². The number of amides is 3. The van der Waals surface area contributed by atoms with E-state index in [1.54, 1.807) is 12.1 Å². The summed E-state index contributed by atoms with van der Waals surface area (Å²) < 4.78 is 5.14. The van der Waals surface area contributed by atoms with Gasteiger partial charge in [-0.2, -0.15) is 0 Å². The summed E-state index contributed by atoms with van der Waals surface area (Å²) in [6.07, 6.45) is -0.195. The van der Waals surface area contributed by atoms with Crippen molar-refractivity contribution in [3.8, 4) is 0 Å². The maximum Gasteiger partial charge on any atom is 0.326 e. The number of benzene rings is 2. The SMILES string of the molecule is CC[C@H](CNC(=O)[C@@H](C)OC(=O)CN1C(=O)c2ccccc2C1=O)c1ccccc1. The second kappa shape index (κ2) is 9.35. The van der Waals surface area contributed by atoms with Crippen molar-refractivity contribution in [2.45, 2.75) is 32.3 Å². The summed E-state index contributed by atoms with van der Waals surface area (Å²) in [5.41, 5.74) is 1.63. The van der Waals surface area contributed by atoms with E-state index in [4.69, 9.17) is 4.74 Å². The number of nitrogens with zero attached hydrogens (tertiary/aromatic N) is 1. The van der Waals surface area contributed by atoms with Crippen molar-refractivity contribution in [2.24, 2.45) is 0 Å². The number of hydrogen-bond donors (Lipinski definition) is 1. The predicted octanol–water partition coefficient (Wildman–Crippen LogP) is 2.52. The zero-order valence-electron chi connectivity index (χ0n) is 17.0. The quantitative estimate of drug-likeness (QED) is 0.535. The lowest BCUT2D eigenvalue weighted by atomic mass is 9.96. The number of ether oxygens (including phenoxy) is 1. The molecule has 0 fully saturated rings. The van der Waals surface area contributed by atoms with Crippen LogP contribution in [-0.4, -0.2) is 47.8 Å². The van der Waals surface area contributed by atoms with Gasteiger partial charge >= 0.3 is 5.97 Å². The highest BCUT2D eigenvalue weighted by molar-refractivity contribution is 6.22. The maximum atomic E-state index is 12.3. The van der Waals surface area contributed by atoms with Crippen LogP contribution in [0.1, 0.15) is 52.5 Å². The van der Waals surface area contributed by atoms with Crippen LogP contribution in [0.15, 0.2) is 54.6 Å². The molecule has 7 nitrogen and oxygen atoms in total. The Kier molecular flexibility index (Phi) is 6.61. The molecule has 156 valence electrons. The molecule has 7 heteroatoms. The molecule has 1 N–H and O–H groups in total. The van der Waals surface area contributed by atoms with Crippen LogP contribution in [0.5, 0.6) is 0 Å². The Bertz CT molecular complexity index is 922.